The quantitative estimate of drug-likeness (QED) is 0.364. The monoisotopic (exact) mass is 559 g/mol. The number of hydrogen-bond donors (Lipinski definition) is 3. The summed E-state index contributed by atoms with van der Waals surface area (Å²) in [6.45, 7) is 0.946. The molecule has 1 heterocycles. The summed E-state index contributed by atoms with van der Waals surface area (Å²) in [6, 6.07) is 19.6. The maximum absolute atomic E-state index is 13.3. The molecule has 3 aromatic carbocycles. The van der Waals surface area contributed by atoms with Crippen LogP contribution in [0.2, 0.25) is 0 Å². The Labute approximate surface area is 236 Å². The van der Waals surface area contributed by atoms with E-state index >= 15 is 0 Å². The minimum absolute atomic E-state index is 0.0119. The second-order valence-electron chi connectivity index (χ2n) is 11.3. The van der Waals surface area contributed by atoms with E-state index in [4.69, 9.17) is 0 Å². The summed E-state index contributed by atoms with van der Waals surface area (Å²) in [6.07, 6.45) is 0.614. The van der Waals surface area contributed by atoms with E-state index in [1.165, 1.54) is 0 Å². The van der Waals surface area contributed by atoms with Crippen molar-refractivity contribution >= 4 is 17.9 Å². The van der Waals surface area contributed by atoms with Crippen LogP contribution in [0.1, 0.15) is 57.8 Å². The van der Waals surface area contributed by atoms with Crippen molar-refractivity contribution in [2.45, 2.75) is 56.7 Å². The number of fused-ring (bicyclic) bond motifs is 1. The molecule has 0 spiro atoms. The van der Waals surface area contributed by atoms with Crippen molar-refractivity contribution in [3.63, 3.8) is 0 Å². The largest absolute Gasteiger partial charge is 0.478 e. The number of aromatic carboxylic acids is 1. The Hall–Kier alpha value is -4.27. The number of rotatable bonds is 7. The smallest absolute Gasteiger partial charge is 0.335 e. The molecule has 212 valence electrons. The number of urea groups is 1. The summed E-state index contributed by atoms with van der Waals surface area (Å²) >= 11 is 0. The second-order valence-corrected chi connectivity index (χ2v) is 11.3. The van der Waals surface area contributed by atoms with Crippen LogP contribution in [0.15, 0.2) is 66.7 Å². The minimum atomic E-state index is -2.72. The van der Waals surface area contributed by atoms with E-state index in [0.717, 1.165) is 39.8 Å². The number of alkyl halides is 2. The van der Waals surface area contributed by atoms with Crippen LogP contribution in [0.5, 0.6) is 0 Å². The van der Waals surface area contributed by atoms with Crippen molar-refractivity contribution in [2.24, 2.45) is 5.92 Å². The molecule has 0 radical (unpaired) electrons. The van der Waals surface area contributed by atoms with Crippen LogP contribution in [0, 0.1) is 5.92 Å². The van der Waals surface area contributed by atoms with Gasteiger partial charge in [0.2, 0.25) is 5.91 Å². The van der Waals surface area contributed by atoms with Crippen molar-refractivity contribution in [1.29, 1.82) is 0 Å². The van der Waals surface area contributed by atoms with Gasteiger partial charge in [0.1, 0.15) is 0 Å². The van der Waals surface area contributed by atoms with Gasteiger partial charge in [-0.1, -0.05) is 54.6 Å². The van der Waals surface area contributed by atoms with Crippen LogP contribution < -0.4 is 10.6 Å². The summed E-state index contributed by atoms with van der Waals surface area (Å²) in [5.74, 6) is -3.61. The minimum Gasteiger partial charge on any atom is -0.478 e. The molecular formula is C32H31F2N3O4. The number of hydrogen-bond acceptors (Lipinski definition) is 3. The van der Waals surface area contributed by atoms with Crippen LogP contribution in [0.3, 0.4) is 0 Å². The molecule has 0 aromatic heterocycles. The lowest BCUT2D eigenvalue weighted by Gasteiger charge is -2.38. The number of carbonyl (C=O) groups excluding carboxylic acids is 2. The molecule has 1 aliphatic heterocycles. The predicted molar refractivity (Wildman–Crippen MR) is 149 cm³/mol. The molecule has 2 atom stereocenters. The molecule has 2 fully saturated rings. The average molecular weight is 560 g/mol. The van der Waals surface area contributed by atoms with Crippen LogP contribution in [-0.4, -0.2) is 46.4 Å². The van der Waals surface area contributed by atoms with Crippen LogP contribution in [0.4, 0.5) is 13.6 Å². The highest BCUT2D eigenvalue weighted by molar-refractivity contribution is 5.90. The number of halogens is 2. The van der Waals surface area contributed by atoms with Gasteiger partial charge in [-0.25, -0.2) is 18.4 Å². The Morgan fingerprint density at radius 1 is 0.976 bits per heavy atom. The summed E-state index contributed by atoms with van der Waals surface area (Å²) in [4.78, 5) is 39.2. The first-order valence-electron chi connectivity index (χ1n) is 13.9. The van der Waals surface area contributed by atoms with Gasteiger partial charge in [0.25, 0.3) is 5.92 Å². The van der Waals surface area contributed by atoms with E-state index < -0.39 is 17.9 Å². The van der Waals surface area contributed by atoms with Gasteiger partial charge >= 0.3 is 12.0 Å². The second kappa shape index (κ2) is 10.6. The Morgan fingerprint density at radius 3 is 2.49 bits per heavy atom. The Balaban J connectivity index is 1.22. The molecule has 3 N–H and O–H groups in total. The van der Waals surface area contributed by atoms with E-state index in [-0.39, 0.29) is 48.7 Å². The van der Waals surface area contributed by atoms with E-state index in [0.29, 0.717) is 19.5 Å². The molecule has 2 saturated carbocycles. The van der Waals surface area contributed by atoms with Gasteiger partial charge in [-0.3, -0.25) is 4.79 Å². The SMILES string of the molecule is O=C(O)c1cccc(-c2ccc(CNC(=O)[C@@H]3C[C@H]3c3ccccc3)c3c2CCN(C(=O)NC2CC(F)(F)C2)C3)c1. The van der Waals surface area contributed by atoms with Crippen molar-refractivity contribution < 1.29 is 28.3 Å². The van der Waals surface area contributed by atoms with Gasteiger partial charge < -0.3 is 20.6 Å². The third-order valence-electron chi connectivity index (χ3n) is 8.44. The van der Waals surface area contributed by atoms with E-state index in [1.54, 1.807) is 23.1 Å². The molecular weight excluding hydrogens is 528 g/mol. The normalized spacial score (nSPS) is 20.9. The number of benzene rings is 3. The van der Waals surface area contributed by atoms with Crippen molar-refractivity contribution in [1.82, 2.24) is 15.5 Å². The highest BCUT2D eigenvalue weighted by atomic mass is 19.3. The maximum atomic E-state index is 13.3. The molecule has 41 heavy (non-hydrogen) atoms. The molecule has 0 saturated heterocycles. The maximum Gasteiger partial charge on any atom is 0.335 e. The summed E-state index contributed by atoms with van der Waals surface area (Å²) < 4.78 is 26.6. The lowest BCUT2D eigenvalue weighted by atomic mass is 9.87. The van der Waals surface area contributed by atoms with Gasteiger partial charge in [0, 0.05) is 44.4 Å². The van der Waals surface area contributed by atoms with Crippen LogP contribution in [0.25, 0.3) is 11.1 Å². The van der Waals surface area contributed by atoms with Gasteiger partial charge in [-0.2, -0.15) is 0 Å². The highest BCUT2D eigenvalue weighted by Crippen LogP contribution is 2.47. The fourth-order valence-electron chi connectivity index (χ4n) is 6.07. The zero-order valence-electron chi connectivity index (χ0n) is 22.4. The molecule has 0 bridgehead atoms. The zero-order valence-corrected chi connectivity index (χ0v) is 22.4. The summed E-state index contributed by atoms with van der Waals surface area (Å²) in [5.41, 5.74) is 5.73. The number of nitrogens with one attached hydrogen (secondary N) is 2. The third-order valence-corrected chi connectivity index (χ3v) is 8.44. The molecule has 2 aliphatic carbocycles. The lowest BCUT2D eigenvalue weighted by molar-refractivity contribution is -0.122. The number of carbonyl (C=O) groups is 3. The first-order valence-corrected chi connectivity index (χ1v) is 13.9. The molecule has 3 amide bonds. The number of nitrogens with zero attached hydrogens (tertiary/aromatic N) is 1. The molecule has 9 heteroatoms. The van der Waals surface area contributed by atoms with Gasteiger partial charge in [0.05, 0.1) is 5.56 Å². The molecule has 6 rings (SSSR count). The molecule has 3 aliphatic rings. The van der Waals surface area contributed by atoms with Crippen molar-refractivity contribution in [3.8, 4) is 11.1 Å². The Kier molecular flexibility index (Phi) is 6.97. The summed E-state index contributed by atoms with van der Waals surface area (Å²) in [5, 5.41) is 15.3. The van der Waals surface area contributed by atoms with Crippen LogP contribution >= 0.6 is 0 Å². The standard InChI is InChI=1S/C32H31F2N3O4/c33-32(34)15-23(16-32)36-31(41)37-12-11-25-24(20-7-4-8-21(13-20)30(39)40)10-9-22(28(25)18-37)17-35-29(38)27-14-26(27)19-5-2-1-3-6-19/h1-10,13,23,26-27H,11-12,14-18H2,(H,35,38)(H,36,41)(H,39,40)/t26-,27+/m0/s1. The Bertz CT molecular complexity index is 1500. The Morgan fingerprint density at radius 2 is 1.76 bits per heavy atom. The fourth-order valence-corrected chi connectivity index (χ4v) is 6.07. The third kappa shape index (κ3) is 5.66. The van der Waals surface area contributed by atoms with Crippen LogP contribution in [-0.2, 0) is 24.3 Å². The predicted octanol–water partition coefficient (Wildman–Crippen LogP) is 5.34. The van der Waals surface area contributed by atoms with Crippen molar-refractivity contribution in [3.05, 3.63) is 94.5 Å². The first-order chi connectivity index (χ1) is 19.7. The van der Waals surface area contributed by atoms with E-state index in [2.05, 4.69) is 10.6 Å². The number of carboxylic acids is 1. The van der Waals surface area contributed by atoms with Gasteiger partial charge in [0.15, 0.2) is 0 Å². The number of amides is 3. The summed E-state index contributed by atoms with van der Waals surface area (Å²) in [7, 11) is 0. The fraction of sp³-hybridized carbons (Fsp3) is 0.344. The highest BCUT2D eigenvalue weighted by Gasteiger charge is 2.46. The van der Waals surface area contributed by atoms with Gasteiger partial charge in [-0.15, -0.1) is 0 Å². The topological polar surface area (TPSA) is 98.7 Å². The van der Waals surface area contributed by atoms with Gasteiger partial charge in [-0.05, 0) is 64.3 Å². The molecule has 0 unspecified atom stereocenters. The van der Waals surface area contributed by atoms with Crippen molar-refractivity contribution in [2.75, 3.05) is 6.54 Å². The average Bonchev–Trinajstić information content (AvgIpc) is 3.76. The number of carboxylic acid groups (broad SMARTS) is 1. The first kappa shape index (κ1) is 26.9. The molecule has 3 aromatic rings. The molecule has 7 nitrogen and oxygen atoms in total. The zero-order chi connectivity index (χ0) is 28.7. The van der Waals surface area contributed by atoms with E-state index in [1.807, 2.05) is 48.5 Å². The lowest BCUT2D eigenvalue weighted by Crippen LogP contribution is -2.54. The van der Waals surface area contributed by atoms with E-state index in [9.17, 15) is 28.3 Å².